The van der Waals surface area contributed by atoms with Gasteiger partial charge in [0.1, 0.15) is 0 Å². The van der Waals surface area contributed by atoms with Gasteiger partial charge in [-0.1, -0.05) is 48.8 Å². The normalized spacial score (nSPS) is 13.1. The summed E-state index contributed by atoms with van der Waals surface area (Å²) < 4.78 is 0. The van der Waals surface area contributed by atoms with Crippen molar-refractivity contribution in [3.63, 3.8) is 0 Å². The molecule has 0 amide bonds. The van der Waals surface area contributed by atoms with Crippen molar-refractivity contribution in [2.45, 2.75) is 60.3 Å². The first-order valence-electron chi connectivity index (χ1n) is 7.06. The number of hydrogen-bond acceptors (Lipinski definition) is 1. The summed E-state index contributed by atoms with van der Waals surface area (Å²) in [6, 6.07) is 0. The number of aliphatic hydroxyl groups is 1. The first-order valence-corrected chi connectivity index (χ1v) is 7.06. The topological polar surface area (TPSA) is 20.2 Å². The molecule has 1 heteroatoms. The van der Waals surface area contributed by atoms with Gasteiger partial charge in [0.15, 0.2) is 0 Å². The summed E-state index contributed by atoms with van der Waals surface area (Å²) in [7, 11) is 0. The summed E-state index contributed by atoms with van der Waals surface area (Å²) in [5.41, 5.74) is 4.24. The molecule has 0 atom stereocenters. The van der Waals surface area contributed by atoms with Gasteiger partial charge in [0.2, 0.25) is 0 Å². The third kappa shape index (κ3) is 9.23. The predicted octanol–water partition coefficient (Wildman–Crippen LogP) is 5.03. The zero-order valence-corrected chi connectivity index (χ0v) is 12.8. The van der Waals surface area contributed by atoms with Crippen LogP contribution in [0.2, 0.25) is 0 Å². The van der Waals surface area contributed by atoms with Gasteiger partial charge in [-0.2, -0.15) is 0 Å². The lowest BCUT2D eigenvalue weighted by atomic mass is 9.97. The van der Waals surface area contributed by atoms with Crippen LogP contribution in [-0.4, -0.2) is 11.7 Å². The Morgan fingerprint density at radius 1 is 0.944 bits per heavy atom. The van der Waals surface area contributed by atoms with Crippen molar-refractivity contribution in [2.75, 3.05) is 6.61 Å². The van der Waals surface area contributed by atoms with E-state index in [0.717, 1.165) is 25.7 Å². The quantitative estimate of drug-likeness (QED) is 0.599. The summed E-state index contributed by atoms with van der Waals surface area (Å²) >= 11 is 0. The zero-order valence-electron chi connectivity index (χ0n) is 12.8. The van der Waals surface area contributed by atoms with Crippen molar-refractivity contribution in [1.82, 2.24) is 0 Å². The maximum atomic E-state index is 8.96. The molecule has 0 fully saturated rings. The Morgan fingerprint density at radius 2 is 1.56 bits per heavy atom. The molecule has 18 heavy (non-hydrogen) atoms. The third-order valence-corrected chi connectivity index (χ3v) is 3.11. The number of allylic oxidation sites excluding steroid dienone is 5. The monoisotopic (exact) mass is 250 g/mol. The summed E-state index contributed by atoms with van der Waals surface area (Å²) in [5.74, 6) is 0.538. The van der Waals surface area contributed by atoms with Crippen LogP contribution in [0.1, 0.15) is 60.3 Å². The Kier molecular flexibility index (Phi) is 9.67. The van der Waals surface area contributed by atoms with Crippen LogP contribution in [0.25, 0.3) is 0 Å². The molecule has 104 valence electrons. The summed E-state index contributed by atoms with van der Waals surface area (Å²) in [5, 5.41) is 8.96. The molecule has 0 rings (SSSR count). The number of aliphatic hydroxyl groups excluding tert-OH is 1. The van der Waals surface area contributed by atoms with Crippen molar-refractivity contribution >= 4 is 0 Å². The summed E-state index contributed by atoms with van der Waals surface area (Å²) in [6.45, 7) is 11.0. The highest BCUT2D eigenvalue weighted by atomic mass is 16.2. The van der Waals surface area contributed by atoms with Gasteiger partial charge < -0.3 is 5.11 Å². The molecule has 1 N–H and O–H groups in total. The van der Waals surface area contributed by atoms with Gasteiger partial charge in [-0.05, 0) is 52.4 Å². The van der Waals surface area contributed by atoms with Crippen LogP contribution in [-0.2, 0) is 0 Å². The standard InChI is InChI=1S/C17H30O/c1-14(2)8-6-9-16(5)10-7-11-17(12-13-18)15(3)4/h8,10,12,15,18H,6-7,9,11,13H2,1-5H3/b16-10+,17-12-. The molecule has 0 aliphatic heterocycles. The molecule has 0 aromatic heterocycles. The molecule has 0 aromatic rings. The maximum Gasteiger partial charge on any atom is 0.0615 e. The lowest BCUT2D eigenvalue weighted by Gasteiger charge is -2.10. The van der Waals surface area contributed by atoms with Crippen LogP contribution in [0, 0.1) is 5.92 Å². The fraction of sp³-hybridized carbons (Fsp3) is 0.647. The second kappa shape index (κ2) is 10.1. The van der Waals surface area contributed by atoms with E-state index in [2.05, 4.69) is 46.8 Å². The lowest BCUT2D eigenvalue weighted by molar-refractivity contribution is 0.340. The second-order valence-corrected chi connectivity index (χ2v) is 5.53. The van der Waals surface area contributed by atoms with Gasteiger partial charge in [-0.3, -0.25) is 0 Å². The van der Waals surface area contributed by atoms with E-state index in [9.17, 15) is 0 Å². The third-order valence-electron chi connectivity index (χ3n) is 3.11. The fourth-order valence-electron chi connectivity index (χ4n) is 1.92. The minimum atomic E-state index is 0.163. The van der Waals surface area contributed by atoms with Gasteiger partial charge >= 0.3 is 0 Å². The summed E-state index contributed by atoms with van der Waals surface area (Å²) in [6.07, 6.45) is 11.1. The largest absolute Gasteiger partial charge is 0.392 e. The van der Waals surface area contributed by atoms with E-state index in [0.29, 0.717) is 5.92 Å². The van der Waals surface area contributed by atoms with E-state index in [1.165, 1.54) is 16.7 Å². The molecule has 0 aromatic carbocycles. The Bertz CT molecular complexity index is 302. The molecule has 0 saturated heterocycles. The van der Waals surface area contributed by atoms with Crippen LogP contribution in [0.4, 0.5) is 0 Å². The SMILES string of the molecule is CC(C)=CCC/C(C)=C/CC/C(=C/CO)C(C)C. The molecule has 0 spiro atoms. The van der Waals surface area contributed by atoms with E-state index >= 15 is 0 Å². The van der Waals surface area contributed by atoms with E-state index in [4.69, 9.17) is 5.11 Å². The number of hydrogen-bond donors (Lipinski definition) is 1. The zero-order chi connectivity index (χ0) is 14.0. The molecule has 0 unspecified atom stereocenters. The van der Waals surface area contributed by atoms with Crippen LogP contribution < -0.4 is 0 Å². The van der Waals surface area contributed by atoms with Gasteiger partial charge in [-0.25, -0.2) is 0 Å². The molecule has 0 aliphatic carbocycles. The van der Waals surface area contributed by atoms with Crippen LogP contribution in [0.5, 0.6) is 0 Å². The van der Waals surface area contributed by atoms with Crippen molar-refractivity contribution in [3.05, 3.63) is 34.9 Å². The predicted molar refractivity (Wildman–Crippen MR) is 81.7 cm³/mol. The Labute approximate surface area is 113 Å². The highest BCUT2D eigenvalue weighted by Gasteiger charge is 2.01. The Morgan fingerprint density at radius 3 is 2.06 bits per heavy atom. The minimum absolute atomic E-state index is 0.163. The average Bonchev–Trinajstić information content (AvgIpc) is 2.27. The molecule has 1 nitrogen and oxygen atoms in total. The lowest BCUT2D eigenvalue weighted by Crippen LogP contribution is -1.95. The smallest absolute Gasteiger partial charge is 0.0615 e. The van der Waals surface area contributed by atoms with Gasteiger partial charge in [0.05, 0.1) is 6.61 Å². The van der Waals surface area contributed by atoms with Crippen molar-refractivity contribution in [2.24, 2.45) is 5.92 Å². The van der Waals surface area contributed by atoms with Crippen LogP contribution >= 0.6 is 0 Å². The van der Waals surface area contributed by atoms with E-state index in [1.54, 1.807) is 0 Å². The van der Waals surface area contributed by atoms with Crippen LogP contribution in [0.15, 0.2) is 34.9 Å². The molecule has 0 radical (unpaired) electrons. The van der Waals surface area contributed by atoms with Gasteiger partial charge in [-0.15, -0.1) is 0 Å². The molecule has 0 aliphatic rings. The van der Waals surface area contributed by atoms with Gasteiger partial charge in [0, 0.05) is 0 Å². The molecular formula is C17H30O. The maximum absolute atomic E-state index is 8.96. The van der Waals surface area contributed by atoms with Gasteiger partial charge in [0.25, 0.3) is 0 Å². The van der Waals surface area contributed by atoms with E-state index in [1.807, 2.05) is 6.08 Å². The Balaban J connectivity index is 4.06. The first kappa shape index (κ1) is 17.2. The first-order chi connectivity index (χ1) is 8.47. The molecule has 0 saturated carbocycles. The molecular weight excluding hydrogens is 220 g/mol. The van der Waals surface area contributed by atoms with Crippen molar-refractivity contribution < 1.29 is 5.11 Å². The summed E-state index contributed by atoms with van der Waals surface area (Å²) in [4.78, 5) is 0. The fourth-order valence-corrected chi connectivity index (χ4v) is 1.92. The highest BCUT2D eigenvalue weighted by Crippen LogP contribution is 2.17. The van der Waals surface area contributed by atoms with E-state index in [-0.39, 0.29) is 6.61 Å². The Hall–Kier alpha value is -0.820. The minimum Gasteiger partial charge on any atom is -0.392 e. The molecule has 0 bridgehead atoms. The van der Waals surface area contributed by atoms with Crippen LogP contribution in [0.3, 0.4) is 0 Å². The number of rotatable bonds is 8. The highest BCUT2D eigenvalue weighted by molar-refractivity contribution is 5.08. The van der Waals surface area contributed by atoms with E-state index < -0.39 is 0 Å². The van der Waals surface area contributed by atoms with Crippen molar-refractivity contribution in [1.29, 1.82) is 0 Å². The molecule has 0 heterocycles. The average molecular weight is 250 g/mol. The van der Waals surface area contributed by atoms with Crippen molar-refractivity contribution in [3.8, 4) is 0 Å². The second-order valence-electron chi connectivity index (χ2n) is 5.53.